The predicted molar refractivity (Wildman–Crippen MR) is 171 cm³/mol. The van der Waals surface area contributed by atoms with Crippen molar-refractivity contribution in [1.29, 1.82) is 0 Å². The third-order valence-corrected chi connectivity index (χ3v) is 8.28. The van der Waals surface area contributed by atoms with Crippen LogP contribution in [-0.2, 0) is 9.59 Å². The summed E-state index contributed by atoms with van der Waals surface area (Å²) in [7, 11) is 3.56. The van der Waals surface area contributed by atoms with E-state index >= 15 is 0 Å². The number of rotatable bonds is 10. The molecule has 0 saturated heterocycles. The maximum absolute atomic E-state index is 14.0. The number of nitrogens with one attached hydrogen (secondary N) is 2. The Balaban J connectivity index is 1.52. The van der Waals surface area contributed by atoms with Gasteiger partial charge in [0.15, 0.2) is 18.0 Å². The summed E-state index contributed by atoms with van der Waals surface area (Å²) < 4.78 is 6.03. The Morgan fingerprint density at radius 3 is 2.30 bits per heavy atom. The lowest BCUT2D eigenvalue weighted by Crippen LogP contribution is -2.61. The number of carboxylic acids is 1. The number of benzene rings is 3. The van der Waals surface area contributed by atoms with Crippen LogP contribution in [0.3, 0.4) is 0 Å². The van der Waals surface area contributed by atoms with Gasteiger partial charge in [0, 0.05) is 37.3 Å². The van der Waals surface area contributed by atoms with Crippen molar-refractivity contribution in [3.05, 3.63) is 83.4 Å². The average Bonchev–Trinajstić information content (AvgIpc) is 3.01. The standard InChI is InChI=1S/C34H40N4O6/c1-23-17-24(2)19-27(18-23)37(3)31(39)22-44-30-16-9-8-15-29(30)38(4,28-13-6-5-7-14-28)32(40)21-35-34(43)36-26-12-10-11-25(20-26)33(41)42/h8-12,15-20,28H,5-7,13-14,21-22H2,1-4H3,(H2-,35,36,41,42,43)/p+1. The monoisotopic (exact) mass is 601 g/mol. The second-order valence-electron chi connectivity index (χ2n) is 11.5. The Bertz CT molecular complexity index is 1510. The van der Waals surface area contributed by atoms with Gasteiger partial charge < -0.3 is 25.4 Å². The number of para-hydroxylation sites is 2. The van der Waals surface area contributed by atoms with Gasteiger partial charge >= 0.3 is 17.9 Å². The van der Waals surface area contributed by atoms with Crippen molar-refractivity contribution in [2.75, 3.05) is 37.5 Å². The minimum Gasteiger partial charge on any atom is -0.478 e. The quantitative estimate of drug-likeness (QED) is 0.258. The van der Waals surface area contributed by atoms with Crippen LogP contribution >= 0.6 is 0 Å². The molecule has 1 atom stereocenters. The molecule has 0 bridgehead atoms. The average molecular weight is 602 g/mol. The highest BCUT2D eigenvalue weighted by molar-refractivity contribution is 5.98. The Labute approximate surface area is 258 Å². The molecule has 10 heteroatoms. The molecule has 232 valence electrons. The van der Waals surface area contributed by atoms with E-state index in [9.17, 15) is 24.3 Å². The smallest absolute Gasteiger partial charge is 0.338 e. The first kappa shape index (κ1) is 32.2. The number of carbonyl (C=O) groups excluding carboxylic acids is 3. The Kier molecular flexibility index (Phi) is 10.4. The number of nitrogens with zero attached hydrogens (tertiary/aromatic N) is 2. The van der Waals surface area contributed by atoms with E-state index in [1.165, 1.54) is 18.2 Å². The zero-order valence-electron chi connectivity index (χ0n) is 25.8. The third-order valence-electron chi connectivity index (χ3n) is 8.28. The molecule has 0 heterocycles. The van der Waals surface area contributed by atoms with Crippen molar-refractivity contribution >= 4 is 40.9 Å². The van der Waals surface area contributed by atoms with Crippen molar-refractivity contribution in [3.63, 3.8) is 0 Å². The molecule has 1 unspecified atom stereocenters. The van der Waals surface area contributed by atoms with E-state index < -0.39 is 12.0 Å². The lowest BCUT2D eigenvalue weighted by Gasteiger charge is -2.41. The highest BCUT2D eigenvalue weighted by Gasteiger charge is 2.44. The van der Waals surface area contributed by atoms with Gasteiger partial charge in [-0.15, -0.1) is 0 Å². The first-order valence-electron chi connectivity index (χ1n) is 14.8. The highest BCUT2D eigenvalue weighted by atomic mass is 16.5. The molecule has 0 radical (unpaired) electrons. The number of hydrogen-bond donors (Lipinski definition) is 3. The van der Waals surface area contributed by atoms with E-state index in [0.717, 1.165) is 48.9 Å². The molecule has 1 aliphatic carbocycles. The minimum atomic E-state index is -1.11. The fourth-order valence-corrected chi connectivity index (χ4v) is 5.85. The van der Waals surface area contributed by atoms with Crippen molar-refractivity contribution in [1.82, 2.24) is 9.80 Å². The largest absolute Gasteiger partial charge is 0.478 e. The normalized spacial score (nSPS) is 14.6. The van der Waals surface area contributed by atoms with Crippen LogP contribution in [0, 0.1) is 13.8 Å². The molecule has 0 aliphatic heterocycles. The molecule has 1 fully saturated rings. The molecule has 4 rings (SSSR count). The summed E-state index contributed by atoms with van der Waals surface area (Å²) in [5.74, 6) is -1.13. The fourth-order valence-electron chi connectivity index (χ4n) is 5.85. The zero-order chi connectivity index (χ0) is 31.9. The SMILES string of the molecule is Cc1cc(C)cc(N(C)C(=O)COc2ccccc2[N+](C)(C(=O)CNC(=O)Nc2cccc(C(=O)O)c2)C2CCCCC2)c1. The van der Waals surface area contributed by atoms with Gasteiger partial charge in [-0.3, -0.25) is 4.79 Å². The summed E-state index contributed by atoms with van der Waals surface area (Å²) in [6.07, 6.45) is 4.74. The van der Waals surface area contributed by atoms with Gasteiger partial charge in [0.05, 0.1) is 12.6 Å². The third kappa shape index (κ3) is 7.62. The molecule has 3 aromatic carbocycles. The lowest BCUT2D eigenvalue weighted by molar-refractivity contribution is -0.130. The molecule has 3 aromatic rings. The lowest BCUT2D eigenvalue weighted by atomic mass is 9.91. The maximum Gasteiger partial charge on any atom is 0.338 e. The summed E-state index contributed by atoms with van der Waals surface area (Å²) in [4.78, 5) is 52.8. The summed E-state index contributed by atoms with van der Waals surface area (Å²) in [6.45, 7) is 3.49. The number of likely N-dealkylation sites (N-methyl/N-ethyl adjacent to an activating group) is 2. The van der Waals surface area contributed by atoms with Gasteiger partial charge in [0.2, 0.25) is 0 Å². The number of anilines is 2. The van der Waals surface area contributed by atoms with Crippen LogP contribution in [0.25, 0.3) is 0 Å². The summed E-state index contributed by atoms with van der Waals surface area (Å²) >= 11 is 0. The molecule has 1 saturated carbocycles. The van der Waals surface area contributed by atoms with Crippen LogP contribution in [0.5, 0.6) is 5.75 Å². The first-order chi connectivity index (χ1) is 21.0. The number of quaternary nitrogens is 1. The molecule has 1 aliphatic rings. The highest BCUT2D eigenvalue weighted by Crippen LogP contribution is 2.39. The number of carbonyl (C=O) groups is 4. The molecule has 44 heavy (non-hydrogen) atoms. The number of amides is 4. The number of aromatic carboxylic acids is 1. The van der Waals surface area contributed by atoms with Crippen molar-refractivity contribution < 1.29 is 29.0 Å². The van der Waals surface area contributed by atoms with Gasteiger partial charge in [-0.05, 0) is 74.2 Å². The number of carboxylic acid groups (broad SMARTS) is 1. The topological polar surface area (TPSA) is 125 Å². The van der Waals surface area contributed by atoms with Crippen molar-refractivity contribution in [2.24, 2.45) is 0 Å². The Morgan fingerprint density at radius 2 is 1.61 bits per heavy atom. The van der Waals surface area contributed by atoms with E-state index in [-0.39, 0.29) is 41.1 Å². The van der Waals surface area contributed by atoms with Gasteiger partial charge in [-0.2, -0.15) is 0 Å². The summed E-state index contributed by atoms with van der Waals surface area (Å²) in [5.41, 5.74) is 3.86. The molecule has 0 aromatic heterocycles. The second-order valence-corrected chi connectivity index (χ2v) is 11.5. The van der Waals surface area contributed by atoms with Gasteiger partial charge in [0.25, 0.3) is 5.91 Å². The van der Waals surface area contributed by atoms with E-state index in [0.29, 0.717) is 17.1 Å². The van der Waals surface area contributed by atoms with Crippen LogP contribution in [0.1, 0.15) is 53.6 Å². The van der Waals surface area contributed by atoms with Crippen LogP contribution in [-0.4, -0.2) is 62.2 Å². The van der Waals surface area contributed by atoms with Crippen LogP contribution in [0.2, 0.25) is 0 Å². The zero-order valence-corrected chi connectivity index (χ0v) is 25.8. The fraction of sp³-hybridized carbons (Fsp3) is 0.353. The van der Waals surface area contributed by atoms with Crippen molar-refractivity contribution in [2.45, 2.75) is 52.0 Å². The van der Waals surface area contributed by atoms with Gasteiger partial charge in [0.1, 0.15) is 12.6 Å². The van der Waals surface area contributed by atoms with E-state index in [1.807, 2.05) is 57.3 Å². The Hall–Kier alpha value is -4.70. The van der Waals surface area contributed by atoms with E-state index in [4.69, 9.17) is 4.74 Å². The molecular weight excluding hydrogens is 560 g/mol. The molecule has 10 nitrogen and oxygen atoms in total. The first-order valence-corrected chi connectivity index (χ1v) is 14.8. The number of hydrogen-bond acceptors (Lipinski definition) is 5. The maximum atomic E-state index is 14.0. The van der Waals surface area contributed by atoms with Crippen molar-refractivity contribution in [3.8, 4) is 5.75 Å². The number of urea groups is 1. The molecular formula is C34H41N4O6+. The van der Waals surface area contributed by atoms with Crippen LogP contribution in [0.4, 0.5) is 21.9 Å². The van der Waals surface area contributed by atoms with E-state index in [2.05, 4.69) is 10.6 Å². The molecule has 4 amide bonds. The van der Waals surface area contributed by atoms with Crippen LogP contribution < -0.4 is 24.8 Å². The minimum absolute atomic E-state index is 0.0354. The number of ether oxygens (including phenoxy) is 1. The molecule has 3 N–H and O–H groups in total. The second kappa shape index (κ2) is 14.2. The van der Waals surface area contributed by atoms with E-state index in [1.54, 1.807) is 24.1 Å². The number of aryl methyl sites for hydroxylation is 2. The van der Waals surface area contributed by atoms with Crippen LogP contribution in [0.15, 0.2) is 66.7 Å². The van der Waals surface area contributed by atoms with Gasteiger partial charge in [-0.1, -0.05) is 30.7 Å². The predicted octanol–water partition coefficient (Wildman–Crippen LogP) is 5.66. The summed E-state index contributed by atoms with van der Waals surface area (Å²) in [5, 5.41) is 14.5. The van der Waals surface area contributed by atoms with Gasteiger partial charge in [-0.25, -0.2) is 18.9 Å². The molecule has 0 spiro atoms. The summed E-state index contributed by atoms with van der Waals surface area (Å²) in [6, 6.07) is 18.4. The Morgan fingerprint density at radius 1 is 0.932 bits per heavy atom.